The lowest BCUT2D eigenvalue weighted by molar-refractivity contribution is 0.102. The van der Waals surface area contributed by atoms with Crippen LogP contribution in [-0.2, 0) is 6.54 Å². The van der Waals surface area contributed by atoms with E-state index < -0.39 is 0 Å². The molecule has 3 aromatic heterocycles. The molecule has 0 bridgehead atoms. The summed E-state index contributed by atoms with van der Waals surface area (Å²) >= 11 is 0. The van der Waals surface area contributed by atoms with E-state index in [1.807, 2.05) is 42.8 Å². The number of fused-ring (bicyclic) bond motifs is 1. The van der Waals surface area contributed by atoms with Gasteiger partial charge in [0.05, 0.1) is 22.8 Å². The average molecular weight is 487 g/mol. The summed E-state index contributed by atoms with van der Waals surface area (Å²) in [6.45, 7) is 13.1. The summed E-state index contributed by atoms with van der Waals surface area (Å²) < 4.78 is 7.60. The molecule has 5 rings (SSSR count). The van der Waals surface area contributed by atoms with Crippen LogP contribution < -0.4 is 5.32 Å². The molecular weight excluding hydrogens is 452 g/mol. The van der Waals surface area contributed by atoms with E-state index in [1.54, 1.807) is 6.20 Å². The third-order valence-electron chi connectivity index (χ3n) is 6.80. The Kier molecular flexibility index (Phi) is 6.64. The van der Waals surface area contributed by atoms with Crippen LogP contribution in [0.15, 0.2) is 47.0 Å². The number of likely N-dealkylation sites (N-methyl/N-ethyl adjacent to an activating group) is 1. The number of rotatable bonds is 6. The minimum absolute atomic E-state index is 0.111. The summed E-state index contributed by atoms with van der Waals surface area (Å²) in [7, 11) is 2.16. The van der Waals surface area contributed by atoms with Crippen LogP contribution in [0.3, 0.4) is 0 Å². The highest BCUT2D eigenvalue weighted by atomic mass is 16.3. The summed E-state index contributed by atoms with van der Waals surface area (Å²) in [6.07, 6.45) is 1.73. The molecule has 1 N–H and O–H groups in total. The van der Waals surface area contributed by atoms with Gasteiger partial charge < -0.3 is 14.6 Å². The third kappa shape index (κ3) is 4.92. The number of furan rings is 1. The van der Waals surface area contributed by atoms with Crippen LogP contribution in [0.5, 0.6) is 0 Å². The van der Waals surface area contributed by atoms with E-state index in [2.05, 4.69) is 53.2 Å². The number of hydrogen-bond donors (Lipinski definition) is 1. The Morgan fingerprint density at radius 3 is 2.58 bits per heavy atom. The molecule has 36 heavy (non-hydrogen) atoms. The number of anilines is 1. The van der Waals surface area contributed by atoms with E-state index in [0.29, 0.717) is 16.9 Å². The van der Waals surface area contributed by atoms with E-state index in [1.165, 1.54) is 5.56 Å². The maximum atomic E-state index is 13.6. The van der Waals surface area contributed by atoms with Gasteiger partial charge in [0.1, 0.15) is 11.5 Å². The van der Waals surface area contributed by atoms with Gasteiger partial charge in [-0.15, -0.1) is 0 Å². The predicted octanol–water partition coefficient (Wildman–Crippen LogP) is 4.89. The molecule has 4 heterocycles. The summed E-state index contributed by atoms with van der Waals surface area (Å²) in [4.78, 5) is 23.3. The molecule has 0 atom stereocenters. The number of nitrogens with one attached hydrogen (secondary N) is 1. The number of pyridine rings is 1. The smallest absolute Gasteiger partial charge is 0.256 e. The molecule has 0 radical (unpaired) electrons. The fourth-order valence-electron chi connectivity index (χ4n) is 4.82. The maximum absolute atomic E-state index is 13.6. The Balaban J connectivity index is 1.46. The topological polar surface area (TPSA) is 79.4 Å². The third-order valence-corrected chi connectivity index (χ3v) is 6.80. The van der Waals surface area contributed by atoms with Gasteiger partial charge in [0, 0.05) is 50.0 Å². The molecular formula is C28H34N6O2. The maximum Gasteiger partial charge on any atom is 0.256 e. The molecule has 1 aliphatic rings. The van der Waals surface area contributed by atoms with Crippen molar-refractivity contribution in [1.82, 2.24) is 24.6 Å². The van der Waals surface area contributed by atoms with Crippen molar-refractivity contribution in [1.29, 1.82) is 0 Å². The molecule has 1 aromatic carbocycles. The van der Waals surface area contributed by atoms with Gasteiger partial charge >= 0.3 is 0 Å². The van der Waals surface area contributed by atoms with Crippen molar-refractivity contribution in [2.75, 3.05) is 38.5 Å². The van der Waals surface area contributed by atoms with Crippen molar-refractivity contribution in [3.8, 4) is 11.3 Å². The van der Waals surface area contributed by atoms with E-state index in [0.717, 1.165) is 60.9 Å². The second-order valence-electron chi connectivity index (χ2n) is 10.0. The summed E-state index contributed by atoms with van der Waals surface area (Å²) in [5.41, 5.74) is 4.79. The first-order valence-corrected chi connectivity index (χ1v) is 12.6. The van der Waals surface area contributed by atoms with E-state index >= 15 is 0 Å². The molecule has 8 nitrogen and oxygen atoms in total. The molecule has 1 aliphatic heterocycles. The number of piperazine rings is 1. The molecule has 1 amide bonds. The summed E-state index contributed by atoms with van der Waals surface area (Å²) in [5, 5.41) is 8.38. The number of aromatic nitrogens is 3. The van der Waals surface area contributed by atoms with Crippen LogP contribution in [0.1, 0.15) is 47.3 Å². The van der Waals surface area contributed by atoms with Crippen molar-refractivity contribution >= 4 is 22.6 Å². The van der Waals surface area contributed by atoms with Gasteiger partial charge in [0.2, 0.25) is 0 Å². The second-order valence-corrected chi connectivity index (χ2v) is 10.0. The Labute approximate surface area is 211 Å². The first kappa shape index (κ1) is 24.2. The van der Waals surface area contributed by atoms with E-state index in [4.69, 9.17) is 9.40 Å². The van der Waals surface area contributed by atoms with Gasteiger partial charge in [-0.3, -0.25) is 9.69 Å². The van der Waals surface area contributed by atoms with Crippen molar-refractivity contribution in [3.63, 3.8) is 0 Å². The zero-order valence-corrected chi connectivity index (χ0v) is 21.7. The van der Waals surface area contributed by atoms with Crippen molar-refractivity contribution < 1.29 is 9.21 Å². The average Bonchev–Trinajstić information content (AvgIpc) is 3.42. The number of benzene rings is 1. The van der Waals surface area contributed by atoms with Gasteiger partial charge in [0.25, 0.3) is 5.91 Å². The Morgan fingerprint density at radius 1 is 1.11 bits per heavy atom. The predicted molar refractivity (Wildman–Crippen MR) is 142 cm³/mol. The van der Waals surface area contributed by atoms with Crippen LogP contribution in [0.2, 0.25) is 0 Å². The largest absolute Gasteiger partial charge is 0.466 e. The molecule has 0 saturated carbocycles. The number of nitrogens with zero attached hydrogens (tertiary/aromatic N) is 5. The van der Waals surface area contributed by atoms with E-state index in [9.17, 15) is 4.79 Å². The van der Waals surface area contributed by atoms with Crippen LogP contribution in [0.4, 0.5) is 5.69 Å². The zero-order valence-electron chi connectivity index (χ0n) is 21.7. The summed E-state index contributed by atoms with van der Waals surface area (Å²) in [5.74, 6) is 1.41. The van der Waals surface area contributed by atoms with Crippen LogP contribution in [-0.4, -0.2) is 63.7 Å². The zero-order chi connectivity index (χ0) is 25.4. The highest BCUT2D eigenvalue weighted by Crippen LogP contribution is 2.30. The van der Waals surface area contributed by atoms with Gasteiger partial charge in [-0.1, -0.05) is 12.1 Å². The lowest BCUT2D eigenvalue weighted by atomic mass is 10.1. The standard InChI is InChI=1S/C28H34N6O2/c1-18(2)34-27-25(16-29-34)24(15-26(31-27)23-13-19(3)36-20(23)4)28(35)30-22-8-6-7-21(14-22)17-33-11-9-32(5)10-12-33/h6-8,13-16,18H,9-12,17H2,1-5H3,(H,30,35). The Bertz CT molecular complexity index is 1390. The van der Waals surface area contributed by atoms with Crippen molar-refractivity contribution in [2.24, 2.45) is 0 Å². The van der Waals surface area contributed by atoms with Gasteiger partial charge in [0.15, 0.2) is 5.65 Å². The first-order valence-electron chi connectivity index (χ1n) is 12.6. The number of amides is 1. The molecule has 0 spiro atoms. The minimum Gasteiger partial charge on any atom is -0.466 e. The molecule has 1 saturated heterocycles. The molecule has 8 heteroatoms. The number of hydrogen-bond acceptors (Lipinski definition) is 6. The molecule has 4 aromatic rings. The Hall–Kier alpha value is -3.49. The highest BCUT2D eigenvalue weighted by Gasteiger charge is 2.21. The molecule has 188 valence electrons. The van der Waals surface area contributed by atoms with Crippen LogP contribution in [0.25, 0.3) is 22.3 Å². The van der Waals surface area contributed by atoms with Crippen LogP contribution >= 0.6 is 0 Å². The fraction of sp³-hybridized carbons (Fsp3) is 0.393. The quantitative estimate of drug-likeness (QED) is 0.418. The molecule has 1 fully saturated rings. The number of carbonyl (C=O) groups is 1. The van der Waals surface area contributed by atoms with Gasteiger partial charge in [-0.25, -0.2) is 9.67 Å². The molecule has 0 unspecified atom stereocenters. The van der Waals surface area contributed by atoms with Gasteiger partial charge in [-0.05, 0) is 64.6 Å². The normalized spacial score (nSPS) is 15.2. The van der Waals surface area contributed by atoms with Crippen molar-refractivity contribution in [2.45, 2.75) is 40.3 Å². The highest BCUT2D eigenvalue weighted by molar-refractivity contribution is 6.12. The van der Waals surface area contributed by atoms with E-state index in [-0.39, 0.29) is 11.9 Å². The first-order chi connectivity index (χ1) is 17.3. The van der Waals surface area contributed by atoms with Gasteiger partial charge in [-0.2, -0.15) is 5.10 Å². The number of aryl methyl sites for hydroxylation is 2. The SMILES string of the molecule is Cc1cc(-c2cc(C(=O)Nc3cccc(CN4CCN(C)CC4)c3)c3cnn(C(C)C)c3n2)c(C)o1. The summed E-state index contributed by atoms with van der Waals surface area (Å²) in [6, 6.07) is 12.0. The minimum atomic E-state index is -0.179. The lowest BCUT2D eigenvalue weighted by Gasteiger charge is -2.32. The Morgan fingerprint density at radius 2 is 1.89 bits per heavy atom. The second kappa shape index (κ2) is 9.87. The monoisotopic (exact) mass is 486 g/mol. The molecule has 0 aliphatic carbocycles. The fourth-order valence-corrected chi connectivity index (χ4v) is 4.82. The number of carbonyl (C=O) groups excluding carboxylic acids is 1. The lowest BCUT2D eigenvalue weighted by Crippen LogP contribution is -2.43. The van der Waals surface area contributed by atoms with Crippen LogP contribution in [0, 0.1) is 13.8 Å². The van der Waals surface area contributed by atoms with Crippen molar-refractivity contribution in [3.05, 3.63) is 65.2 Å².